The largest absolute Gasteiger partial charge is 0.272 e. The molecule has 0 saturated carbocycles. The Hall–Kier alpha value is -2.03. The molecule has 6 heteroatoms. The predicted octanol–water partition coefficient (Wildman–Crippen LogP) is 5.52. The van der Waals surface area contributed by atoms with Gasteiger partial charge in [-0.1, -0.05) is 60.4 Å². The van der Waals surface area contributed by atoms with Crippen LogP contribution in [0.25, 0.3) is 0 Å². The summed E-state index contributed by atoms with van der Waals surface area (Å²) >= 11 is 9.34. The van der Waals surface area contributed by atoms with E-state index >= 15 is 0 Å². The number of aliphatic imine (C=N–C) groups is 1. The number of nitrogens with zero attached hydrogens (tertiary/aromatic N) is 2. The van der Waals surface area contributed by atoms with Gasteiger partial charge in [0.2, 0.25) is 0 Å². The zero-order chi connectivity index (χ0) is 18.8. The molecule has 0 saturated heterocycles. The molecule has 2 aromatic rings. The molecule has 2 rings (SSSR count). The maximum absolute atomic E-state index is 14.2. The topological polar surface area (TPSA) is 53.2 Å². The first-order chi connectivity index (χ1) is 11.6. The molecule has 0 fully saturated rings. The van der Waals surface area contributed by atoms with Crippen molar-refractivity contribution in [2.24, 2.45) is 10.4 Å². The Labute approximate surface area is 159 Å². The first kappa shape index (κ1) is 19.3. The molecule has 0 spiro atoms. The summed E-state index contributed by atoms with van der Waals surface area (Å²) < 4.78 is 14.9. The van der Waals surface area contributed by atoms with E-state index in [1.54, 1.807) is 39.0 Å². The van der Waals surface area contributed by atoms with Crippen LogP contribution in [0, 0.1) is 22.6 Å². The standard InChI is InChI=1S/C19H15BrClFN2O/c1-19(2,3)18(25)24-17(11-5-4-6-12(20)7-11)14-8-13(21)9-16(22)15(14)10-23/h4-9H,1-3H3. The van der Waals surface area contributed by atoms with E-state index in [2.05, 4.69) is 20.9 Å². The van der Waals surface area contributed by atoms with Crippen LogP contribution >= 0.6 is 27.5 Å². The second-order valence-electron chi connectivity index (χ2n) is 6.45. The van der Waals surface area contributed by atoms with E-state index in [1.807, 2.05) is 12.1 Å². The molecule has 0 bridgehead atoms. The second kappa shape index (κ2) is 7.47. The van der Waals surface area contributed by atoms with Crippen molar-refractivity contribution in [2.45, 2.75) is 20.8 Å². The summed E-state index contributed by atoms with van der Waals surface area (Å²) in [5.41, 5.74) is 0.0404. The van der Waals surface area contributed by atoms with Crippen molar-refractivity contribution in [3.8, 4) is 6.07 Å². The van der Waals surface area contributed by atoms with Gasteiger partial charge in [-0.2, -0.15) is 5.26 Å². The van der Waals surface area contributed by atoms with Crippen molar-refractivity contribution in [1.82, 2.24) is 0 Å². The summed E-state index contributed by atoms with van der Waals surface area (Å²) in [4.78, 5) is 16.7. The quantitative estimate of drug-likeness (QED) is 0.599. The highest BCUT2D eigenvalue weighted by Gasteiger charge is 2.24. The number of carbonyl (C=O) groups is 1. The molecule has 0 N–H and O–H groups in total. The van der Waals surface area contributed by atoms with Gasteiger partial charge >= 0.3 is 0 Å². The molecule has 3 nitrogen and oxygen atoms in total. The smallest absolute Gasteiger partial charge is 0.251 e. The lowest BCUT2D eigenvalue weighted by Gasteiger charge is -2.16. The highest BCUT2D eigenvalue weighted by molar-refractivity contribution is 9.10. The SMILES string of the molecule is CC(C)(C)C(=O)N=C(c1cccc(Br)c1)c1cc(Cl)cc(F)c1C#N. The minimum Gasteiger partial charge on any atom is -0.272 e. The van der Waals surface area contributed by atoms with E-state index in [0.717, 1.165) is 10.5 Å². The van der Waals surface area contributed by atoms with Crippen molar-refractivity contribution >= 4 is 39.1 Å². The molecule has 0 radical (unpaired) electrons. The number of halogens is 3. The number of amides is 1. The van der Waals surface area contributed by atoms with Gasteiger partial charge in [0.15, 0.2) is 0 Å². The highest BCUT2D eigenvalue weighted by Crippen LogP contribution is 2.26. The summed E-state index contributed by atoms with van der Waals surface area (Å²) in [7, 11) is 0. The molecule has 128 valence electrons. The van der Waals surface area contributed by atoms with Crippen LogP contribution in [0.5, 0.6) is 0 Å². The number of hydrogen-bond donors (Lipinski definition) is 0. The molecule has 0 aromatic heterocycles. The lowest BCUT2D eigenvalue weighted by atomic mass is 9.94. The minimum atomic E-state index is -0.754. The van der Waals surface area contributed by atoms with E-state index < -0.39 is 11.2 Å². The summed E-state index contributed by atoms with van der Waals surface area (Å²) in [6.07, 6.45) is 0. The van der Waals surface area contributed by atoms with Gasteiger partial charge < -0.3 is 0 Å². The van der Waals surface area contributed by atoms with Gasteiger partial charge in [-0.25, -0.2) is 9.38 Å². The fraction of sp³-hybridized carbons (Fsp3) is 0.211. The lowest BCUT2D eigenvalue weighted by molar-refractivity contribution is -0.124. The normalized spacial score (nSPS) is 12.0. The molecule has 0 aliphatic carbocycles. The summed E-state index contributed by atoms with van der Waals surface area (Å²) in [6.45, 7) is 5.21. The van der Waals surface area contributed by atoms with Crippen LogP contribution < -0.4 is 0 Å². The first-order valence-corrected chi connectivity index (χ1v) is 8.59. The van der Waals surface area contributed by atoms with Gasteiger partial charge in [-0.05, 0) is 24.3 Å². The zero-order valence-corrected chi connectivity index (χ0v) is 16.2. The maximum Gasteiger partial charge on any atom is 0.251 e. The van der Waals surface area contributed by atoms with Crippen LogP contribution in [0.3, 0.4) is 0 Å². The lowest BCUT2D eigenvalue weighted by Crippen LogP contribution is -2.21. The Kier molecular flexibility index (Phi) is 5.76. The van der Waals surface area contributed by atoms with Crippen molar-refractivity contribution in [3.63, 3.8) is 0 Å². The average molecular weight is 422 g/mol. The molecule has 0 atom stereocenters. The Bertz CT molecular complexity index is 911. The van der Waals surface area contributed by atoms with Crippen LogP contribution in [0.4, 0.5) is 4.39 Å². The third kappa shape index (κ3) is 4.53. The number of hydrogen-bond acceptors (Lipinski definition) is 2. The molecule has 0 heterocycles. The monoisotopic (exact) mass is 420 g/mol. The first-order valence-electron chi connectivity index (χ1n) is 7.42. The fourth-order valence-electron chi connectivity index (χ4n) is 2.06. The molecule has 2 aromatic carbocycles. The molecule has 1 amide bonds. The highest BCUT2D eigenvalue weighted by atomic mass is 79.9. The van der Waals surface area contributed by atoms with E-state index in [1.165, 1.54) is 6.07 Å². The van der Waals surface area contributed by atoms with Crippen LogP contribution in [0.2, 0.25) is 5.02 Å². The van der Waals surface area contributed by atoms with Crippen LogP contribution in [0.15, 0.2) is 45.9 Å². The van der Waals surface area contributed by atoms with Crippen LogP contribution in [0.1, 0.15) is 37.5 Å². The molecular weight excluding hydrogens is 407 g/mol. The summed E-state index contributed by atoms with van der Waals surface area (Å²) in [5.74, 6) is -1.14. The maximum atomic E-state index is 14.2. The van der Waals surface area contributed by atoms with Crippen LogP contribution in [-0.4, -0.2) is 11.6 Å². The van der Waals surface area contributed by atoms with Crippen molar-refractivity contribution in [3.05, 3.63) is 68.4 Å². The molecule has 0 aliphatic rings. The Morgan fingerprint density at radius 3 is 2.52 bits per heavy atom. The third-order valence-electron chi connectivity index (χ3n) is 3.37. The van der Waals surface area contributed by atoms with Gasteiger partial charge in [-0.3, -0.25) is 4.79 Å². The van der Waals surface area contributed by atoms with E-state index in [-0.39, 0.29) is 27.8 Å². The second-order valence-corrected chi connectivity index (χ2v) is 7.80. The third-order valence-corrected chi connectivity index (χ3v) is 4.09. The number of nitriles is 1. The van der Waals surface area contributed by atoms with Crippen molar-refractivity contribution in [2.75, 3.05) is 0 Å². The van der Waals surface area contributed by atoms with E-state index in [9.17, 15) is 14.4 Å². The minimum absolute atomic E-state index is 0.123. The fourth-order valence-corrected chi connectivity index (χ4v) is 2.66. The number of rotatable bonds is 2. The van der Waals surface area contributed by atoms with Crippen molar-refractivity contribution < 1.29 is 9.18 Å². The zero-order valence-electron chi connectivity index (χ0n) is 13.9. The van der Waals surface area contributed by atoms with Gasteiger partial charge in [0.1, 0.15) is 11.9 Å². The number of carbonyl (C=O) groups excluding carboxylic acids is 1. The van der Waals surface area contributed by atoms with Gasteiger partial charge in [0, 0.05) is 26.0 Å². The van der Waals surface area contributed by atoms with Gasteiger partial charge in [0.05, 0.1) is 11.3 Å². The predicted molar refractivity (Wildman–Crippen MR) is 100 cm³/mol. The Balaban J connectivity index is 2.80. The molecule has 0 unspecified atom stereocenters. The molecule has 0 aliphatic heterocycles. The summed E-state index contributed by atoms with van der Waals surface area (Å²) in [6, 6.07) is 11.4. The summed E-state index contributed by atoms with van der Waals surface area (Å²) in [5, 5.41) is 9.47. The van der Waals surface area contributed by atoms with E-state index in [0.29, 0.717) is 5.56 Å². The van der Waals surface area contributed by atoms with Crippen molar-refractivity contribution in [1.29, 1.82) is 5.26 Å². The van der Waals surface area contributed by atoms with Crippen LogP contribution in [-0.2, 0) is 4.79 Å². The molecule has 25 heavy (non-hydrogen) atoms. The Morgan fingerprint density at radius 1 is 1.28 bits per heavy atom. The average Bonchev–Trinajstić information content (AvgIpc) is 2.50. The number of benzene rings is 2. The van der Waals surface area contributed by atoms with Gasteiger partial charge in [-0.15, -0.1) is 0 Å². The van der Waals surface area contributed by atoms with Gasteiger partial charge in [0.25, 0.3) is 5.91 Å². The Morgan fingerprint density at radius 2 is 1.96 bits per heavy atom. The van der Waals surface area contributed by atoms with E-state index in [4.69, 9.17) is 11.6 Å². The molecular formula is C19H15BrClFN2O.